The highest BCUT2D eigenvalue weighted by atomic mass is 32.2. The molecule has 0 N–H and O–H groups in total. The number of hydrogen-bond donors (Lipinski definition) is 0. The number of carbonyl (C=O) groups is 1. The van der Waals surface area contributed by atoms with Gasteiger partial charge < -0.3 is 18.8 Å². The summed E-state index contributed by atoms with van der Waals surface area (Å²) in [6.07, 6.45) is 1.54. The van der Waals surface area contributed by atoms with Crippen LogP contribution in [0.1, 0.15) is 36.5 Å². The predicted octanol–water partition coefficient (Wildman–Crippen LogP) is 4.80. The Morgan fingerprint density at radius 3 is 2.46 bits per heavy atom. The van der Waals surface area contributed by atoms with Crippen LogP contribution in [0.5, 0.6) is 11.5 Å². The molecule has 0 unspecified atom stereocenters. The maximum absolute atomic E-state index is 13.6. The molecule has 1 amide bonds. The Morgan fingerprint density at radius 1 is 1.00 bits per heavy atom. The lowest BCUT2D eigenvalue weighted by molar-refractivity contribution is -0.133. The number of carbonyl (C=O) groups excluding carboxylic acids is 1. The fourth-order valence-corrected chi connectivity index (χ4v) is 5.28. The van der Waals surface area contributed by atoms with Crippen LogP contribution in [0.15, 0.2) is 70.5 Å². The minimum atomic E-state index is -3.85. The van der Waals surface area contributed by atoms with Gasteiger partial charge in [0.15, 0.2) is 11.5 Å². The van der Waals surface area contributed by atoms with E-state index in [4.69, 9.17) is 13.9 Å². The second kappa shape index (κ2) is 11.7. The van der Waals surface area contributed by atoms with Gasteiger partial charge in [-0.1, -0.05) is 50.2 Å². The summed E-state index contributed by atoms with van der Waals surface area (Å²) in [6, 6.07) is 18.4. The monoisotopic (exact) mass is 524 g/mol. The SMILES string of the molecule is Cc1ccc(CN(Cc2ccc3c(c2)OCO3)C(=O)CN(CC(C)C)S(=O)(=O)/C=C/c2ccccc2)o1. The van der Waals surface area contributed by atoms with E-state index < -0.39 is 10.0 Å². The van der Waals surface area contributed by atoms with Crippen molar-refractivity contribution in [1.82, 2.24) is 9.21 Å². The average molecular weight is 525 g/mol. The molecule has 0 radical (unpaired) electrons. The van der Waals surface area contributed by atoms with E-state index in [9.17, 15) is 13.2 Å². The Bertz CT molecular complexity index is 1350. The molecule has 0 saturated heterocycles. The van der Waals surface area contributed by atoms with E-state index >= 15 is 0 Å². The summed E-state index contributed by atoms with van der Waals surface area (Å²) in [7, 11) is -3.85. The molecule has 0 saturated carbocycles. The zero-order valence-electron chi connectivity index (χ0n) is 21.3. The molecular weight excluding hydrogens is 492 g/mol. The number of hydrogen-bond acceptors (Lipinski definition) is 6. The molecule has 2 aromatic carbocycles. The average Bonchev–Trinajstić information content (AvgIpc) is 3.50. The van der Waals surface area contributed by atoms with Crippen LogP contribution in [0.2, 0.25) is 0 Å². The molecule has 2 heterocycles. The zero-order valence-corrected chi connectivity index (χ0v) is 22.1. The van der Waals surface area contributed by atoms with Crippen LogP contribution in [-0.2, 0) is 27.9 Å². The van der Waals surface area contributed by atoms with Crippen LogP contribution >= 0.6 is 0 Å². The van der Waals surface area contributed by atoms with Crippen LogP contribution in [0.3, 0.4) is 0 Å². The minimum Gasteiger partial charge on any atom is -0.464 e. The summed E-state index contributed by atoms with van der Waals surface area (Å²) in [5, 5.41) is 1.16. The summed E-state index contributed by atoms with van der Waals surface area (Å²) in [5.74, 6) is 2.33. The van der Waals surface area contributed by atoms with Crippen LogP contribution < -0.4 is 9.47 Å². The van der Waals surface area contributed by atoms with Crippen LogP contribution in [-0.4, -0.2) is 43.4 Å². The molecular formula is C28H32N2O6S. The third-order valence-electron chi connectivity index (χ3n) is 5.78. The van der Waals surface area contributed by atoms with Crippen molar-refractivity contribution in [3.63, 3.8) is 0 Å². The Morgan fingerprint density at radius 2 is 1.76 bits per heavy atom. The molecule has 37 heavy (non-hydrogen) atoms. The number of nitrogens with zero attached hydrogens (tertiary/aromatic N) is 2. The summed E-state index contributed by atoms with van der Waals surface area (Å²) in [6.45, 7) is 6.22. The van der Waals surface area contributed by atoms with E-state index in [1.807, 2.05) is 75.4 Å². The van der Waals surface area contributed by atoms with Crippen LogP contribution in [0.25, 0.3) is 6.08 Å². The maximum atomic E-state index is 13.6. The van der Waals surface area contributed by atoms with Crippen molar-refractivity contribution in [3.8, 4) is 11.5 Å². The zero-order chi connectivity index (χ0) is 26.4. The van der Waals surface area contributed by atoms with Gasteiger partial charge in [-0.3, -0.25) is 4.79 Å². The number of aryl methyl sites for hydroxylation is 1. The highest BCUT2D eigenvalue weighted by Gasteiger charge is 2.27. The second-order valence-corrected chi connectivity index (χ2v) is 11.2. The molecule has 1 aliphatic rings. The summed E-state index contributed by atoms with van der Waals surface area (Å²) in [4.78, 5) is 15.2. The first-order chi connectivity index (χ1) is 17.7. The Hall–Kier alpha value is -3.56. The van der Waals surface area contributed by atoms with Gasteiger partial charge in [0.2, 0.25) is 22.7 Å². The lowest BCUT2D eigenvalue weighted by atomic mass is 10.2. The predicted molar refractivity (Wildman–Crippen MR) is 141 cm³/mol. The van der Waals surface area contributed by atoms with Gasteiger partial charge in [-0.05, 0) is 54.3 Å². The van der Waals surface area contributed by atoms with E-state index in [1.54, 1.807) is 17.0 Å². The van der Waals surface area contributed by atoms with E-state index in [0.717, 1.165) is 22.3 Å². The van der Waals surface area contributed by atoms with Gasteiger partial charge >= 0.3 is 0 Å². The molecule has 0 spiro atoms. The quantitative estimate of drug-likeness (QED) is 0.358. The maximum Gasteiger partial charge on any atom is 0.238 e. The van der Waals surface area contributed by atoms with Crippen molar-refractivity contribution in [2.75, 3.05) is 19.9 Å². The first-order valence-electron chi connectivity index (χ1n) is 12.1. The number of amides is 1. The van der Waals surface area contributed by atoms with E-state index in [1.165, 1.54) is 4.31 Å². The van der Waals surface area contributed by atoms with Gasteiger partial charge in [0.1, 0.15) is 11.5 Å². The lowest BCUT2D eigenvalue weighted by Crippen LogP contribution is -2.43. The summed E-state index contributed by atoms with van der Waals surface area (Å²) in [5.41, 5.74) is 1.60. The highest BCUT2D eigenvalue weighted by Crippen LogP contribution is 2.33. The largest absolute Gasteiger partial charge is 0.464 e. The number of fused-ring (bicyclic) bond motifs is 1. The highest BCUT2D eigenvalue weighted by molar-refractivity contribution is 7.92. The first kappa shape index (κ1) is 26.5. The van der Waals surface area contributed by atoms with E-state index in [-0.39, 0.29) is 44.8 Å². The standard InChI is InChI=1S/C28H32N2O6S/c1-21(2)16-30(37(32,33)14-13-23-7-5-4-6-8-23)19-28(31)29(18-25-11-9-22(3)36-25)17-24-10-12-26-27(15-24)35-20-34-26/h4-15,21H,16-20H2,1-3H3/b14-13+. The molecule has 0 atom stereocenters. The van der Waals surface area contributed by atoms with Gasteiger partial charge in [-0.2, -0.15) is 4.31 Å². The second-order valence-electron chi connectivity index (χ2n) is 9.39. The fraction of sp³-hybridized carbons (Fsp3) is 0.321. The van der Waals surface area contributed by atoms with Gasteiger partial charge in [0.05, 0.1) is 13.1 Å². The first-order valence-corrected chi connectivity index (χ1v) is 13.6. The number of sulfonamides is 1. The number of furan rings is 1. The van der Waals surface area contributed by atoms with E-state index in [0.29, 0.717) is 17.3 Å². The Balaban J connectivity index is 1.56. The lowest BCUT2D eigenvalue weighted by Gasteiger charge is -2.27. The van der Waals surface area contributed by atoms with Crippen molar-refractivity contribution in [1.29, 1.82) is 0 Å². The fourth-order valence-electron chi connectivity index (χ4n) is 3.98. The van der Waals surface area contributed by atoms with Gasteiger partial charge in [0.25, 0.3) is 0 Å². The van der Waals surface area contributed by atoms with Crippen molar-refractivity contribution in [3.05, 3.63) is 88.7 Å². The van der Waals surface area contributed by atoms with E-state index in [2.05, 4.69) is 0 Å². The van der Waals surface area contributed by atoms with Crippen molar-refractivity contribution in [2.24, 2.45) is 5.92 Å². The number of ether oxygens (including phenoxy) is 2. The summed E-state index contributed by atoms with van der Waals surface area (Å²) < 4.78 is 44.4. The molecule has 8 nitrogen and oxygen atoms in total. The molecule has 1 aliphatic heterocycles. The van der Waals surface area contributed by atoms with Crippen molar-refractivity contribution in [2.45, 2.75) is 33.9 Å². The normalized spacial score (nSPS) is 13.1. The molecule has 9 heteroatoms. The topological polar surface area (TPSA) is 89.3 Å². The molecule has 196 valence electrons. The van der Waals surface area contributed by atoms with Crippen LogP contribution in [0, 0.1) is 12.8 Å². The number of benzene rings is 2. The third kappa shape index (κ3) is 7.24. The Labute approximate surface area is 218 Å². The summed E-state index contributed by atoms with van der Waals surface area (Å²) >= 11 is 0. The van der Waals surface area contributed by atoms with Crippen molar-refractivity contribution >= 4 is 22.0 Å². The third-order valence-corrected chi connectivity index (χ3v) is 7.26. The number of rotatable bonds is 11. The van der Waals surface area contributed by atoms with Gasteiger partial charge in [0, 0.05) is 18.5 Å². The van der Waals surface area contributed by atoms with Crippen molar-refractivity contribution < 1.29 is 27.1 Å². The molecule has 0 fully saturated rings. The molecule has 0 aliphatic carbocycles. The van der Waals surface area contributed by atoms with Crippen LogP contribution in [0.4, 0.5) is 0 Å². The molecule has 1 aromatic heterocycles. The molecule has 3 aromatic rings. The van der Waals surface area contributed by atoms with Gasteiger partial charge in [-0.25, -0.2) is 8.42 Å². The Kier molecular flexibility index (Phi) is 8.35. The smallest absolute Gasteiger partial charge is 0.238 e. The molecule has 0 bridgehead atoms. The van der Waals surface area contributed by atoms with Gasteiger partial charge in [-0.15, -0.1) is 0 Å². The minimum absolute atomic E-state index is 0.0303. The molecule has 4 rings (SSSR count).